The maximum absolute atomic E-state index is 13.2. The van der Waals surface area contributed by atoms with E-state index in [1.807, 2.05) is 42.5 Å². The zero-order valence-corrected chi connectivity index (χ0v) is 16.1. The number of carbonyl (C=O) groups is 1. The Bertz CT molecular complexity index is 1100. The molecule has 0 fully saturated rings. The third-order valence-electron chi connectivity index (χ3n) is 5.09. The van der Waals surface area contributed by atoms with E-state index in [-0.39, 0.29) is 11.7 Å². The van der Waals surface area contributed by atoms with E-state index in [4.69, 9.17) is 0 Å². The molecule has 1 N–H and O–H groups in total. The number of nitrogens with one attached hydrogen (secondary N) is 1. The van der Waals surface area contributed by atoms with Crippen LogP contribution < -0.4 is 5.32 Å². The van der Waals surface area contributed by atoms with Crippen LogP contribution in [0, 0.1) is 5.82 Å². The van der Waals surface area contributed by atoms with Crippen molar-refractivity contribution in [2.24, 2.45) is 0 Å². The minimum absolute atomic E-state index is 0.0456. The lowest BCUT2D eigenvalue weighted by Gasteiger charge is -2.05. The van der Waals surface area contributed by atoms with Gasteiger partial charge in [0.1, 0.15) is 5.82 Å². The molecule has 0 aliphatic rings. The quantitative estimate of drug-likeness (QED) is 0.472. The fourth-order valence-electron chi connectivity index (χ4n) is 3.57. The molecule has 1 amide bonds. The number of hydrogen-bond acceptors (Lipinski definition) is 1. The minimum Gasteiger partial charge on any atom is -0.352 e. The largest absolute Gasteiger partial charge is 0.352 e. The number of benzene rings is 3. The lowest BCUT2D eigenvalue weighted by atomic mass is 10.1. The van der Waals surface area contributed by atoms with Gasteiger partial charge in [-0.2, -0.15) is 0 Å². The molecule has 146 valence electrons. The van der Waals surface area contributed by atoms with Crippen molar-refractivity contribution in [2.75, 3.05) is 0 Å². The molecule has 0 radical (unpaired) electrons. The molecule has 0 aliphatic carbocycles. The molecule has 4 rings (SSSR count). The number of hydrogen-bond donors (Lipinski definition) is 1. The molecule has 1 heterocycles. The average molecular weight is 386 g/mol. The number of aromatic nitrogens is 1. The van der Waals surface area contributed by atoms with Crippen LogP contribution in [0.1, 0.15) is 23.1 Å². The first-order valence-electron chi connectivity index (χ1n) is 9.81. The number of fused-ring (bicyclic) bond motifs is 1. The third-order valence-corrected chi connectivity index (χ3v) is 5.09. The Kier molecular flexibility index (Phi) is 5.71. The van der Waals surface area contributed by atoms with Gasteiger partial charge < -0.3 is 9.88 Å². The Hall–Kier alpha value is -3.40. The van der Waals surface area contributed by atoms with E-state index in [9.17, 15) is 9.18 Å². The van der Waals surface area contributed by atoms with Crippen LogP contribution in [0.4, 0.5) is 4.39 Å². The maximum atomic E-state index is 13.2. The van der Waals surface area contributed by atoms with E-state index in [0.717, 1.165) is 27.6 Å². The molecular weight excluding hydrogens is 363 g/mol. The molecule has 0 saturated carbocycles. The fourth-order valence-corrected chi connectivity index (χ4v) is 3.57. The molecule has 0 bridgehead atoms. The maximum Gasteiger partial charge on any atom is 0.220 e. The van der Waals surface area contributed by atoms with Gasteiger partial charge in [-0.3, -0.25) is 4.79 Å². The summed E-state index contributed by atoms with van der Waals surface area (Å²) in [6.45, 7) is 1.22. The monoisotopic (exact) mass is 386 g/mol. The van der Waals surface area contributed by atoms with Gasteiger partial charge in [0.2, 0.25) is 5.91 Å². The second-order valence-electron chi connectivity index (χ2n) is 7.19. The third kappa shape index (κ3) is 4.72. The Balaban J connectivity index is 1.44. The molecule has 3 aromatic carbocycles. The van der Waals surface area contributed by atoms with E-state index < -0.39 is 0 Å². The average Bonchev–Trinajstić information content (AvgIpc) is 3.11. The summed E-state index contributed by atoms with van der Waals surface area (Å²) in [5, 5.41) is 4.15. The van der Waals surface area contributed by atoms with E-state index in [1.54, 1.807) is 12.1 Å². The molecule has 4 aromatic rings. The summed E-state index contributed by atoms with van der Waals surface area (Å²) in [4.78, 5) is 12.3. The molecule has 0 aliphatic heterocycles. The summed E-state index contributed by atoms with van der Waals surface area (Å²) >= 11 is 0. The van der Waals surface area contributed by atoms with Crippen LogP contribution in [0.2, 0.25) is 0 Å². The molecule has 0 unspecified atom stereocenters. The van der Waals surface area contributed by atoms with E-state index in [0.29, 0.717) is 25.9 Å². The van der Waals surface area contributed by atoms with Crippen LogP contribution in [0.25, 0.3) is 10.9 Å². The van der Waals surface area contributed by atoms with Gasteiger partial charge in [-0.05, 0) is 41.3 Å². The van der Waals surface area contributed by atoms with Gasteiger partial charge in [0, 0.05) is 36.6 Å². The highest BCUT2D eigenvalue weighted by Gasteiger charge is 2.10. The fraction of sp³-hybridized carbons (Fsp3) is 0.160. The zero-order chi connectivity index (χ0) is 20.1. The Morgan fingerprint density at radius 3 is 2.38 bits per heavy atom. The highest BCUT2D eigenvalue weighted by molar-refractivity contribution is 5.85. The first-order chi connectivity index (χ1) is 14.2. The lowest BCUT2D eigenvalue weighted by molar-refractivity contribution is -0.121. The van der Waals surface area contributed by atoms with Crippen molar-refractivity contribution < 1.29 is 9.18 Å². The topological polar surface area (TPSA) is 34.0 Å². The second-order valence-corrected chi connectivity index (χ2v) is 7.19. The van der Waals surface area contributed by atoms with Gasteiger partial charge in [-0.1, -0.05) is 60.7 Å². The van der Waals surface area contributed by atoms with Gasteiger partial charge in [0.25, 0.3) is 0 Å². The Morgan fingerprint density at radius 2 is 1.59 bits per heavy atom. The molecule has 29 heavy (non-hydrogen) atoms. The van der Waals surface area contributed by atoms with Crippen LogP contribution in [-0.2, 0) is 24.3 Å². The van der Waals surface area contributed by atoms with Gasteiger partial charge in [-0.25, -0.2) is 4.39 Å². The SMILES string of the molecule is O=C(CCc1cn(Cc2ccc(F)cc2)c2ccccc12)NCc1ccccc1. The van der Waals surface area contributed by atoms with E-state index >= 15 is 0 Å². The van der Waals surface area contributed by atoms with Crippen molar-refractivity contribution in [1.82, 2.24) is 9.88 Å². The Morgan fingerprint density at radius 1 is 0.862 bits per heavy atom. The van der Waals surface area contributed by atoms with E-state index in [2.05, 4.69) is 28.2 Å². The number of halogens is 1. The zero-order valence-electron chi connectivity index (χ0n) is 16.1. The number of carbonyl (C=O) groups excluding carboxylic acids is 1. The van der Waals surface area contributed by atoms with Gasteiger partial charge >= 0.3 is 0 Å². The van der Waals surface area contributed by atoms with Crippen LogP contribution in [-0.4, -0.2) is 10.5 Å². The van der Waals surface area contributed by atoms with Crippen molar-refractivity contribution >= 4 is 16.8 Å². The van der Waals surface area contributed by atoms with Gasteiger partial charge in [0.05, 0.1) is 0 Å². The van der Waals surface area contributed by atoms with Crippen LogP contribution in [0.5, 0.6) is 0 Å². The first kappa shape index (κ1) is 18.9. The lowest BCUT2D eigenvalue weighted by Crippen LogP contribution is -2.22. The van der Waals surface area contributed by atoms with Crippen molar-refractivity contribution in [2.45, 2.75) is 25.9 Å². The summed E-state index contributed by atoms with van der Waals surface area (Å²) in [7, 11) is 0. The van der Waals surface area contributed by atoms with Gasteiger partial charge in [-0.15, -0.1) is 0 Å². The molecule has 0 spiro atoms. The van der Waals surface area contributed by atoms with Crippen molar-refractivity contribution in [1.29, 1.82) is 0 Å². The molecule has 4 heteroatoms. The number of aryl methyl sites for hydroxylation is 1. The number of rotatable bonds is 7. The number of nitrogens with zero attached hydrogens (tertiary/aromatic N) is 1. The highest BCUT2D eigenvalue weighted by atomic mass is 19.1. The van der Waals surface area contributed by atoms with Crippen LogP contribution >= 0.6 is 0 Å². The van der Waals surface area contributed by atoms with Crippen molar-refractivity contribution in [3.8, 4) is 0 Å². The molecule has 0 saturated heterocycles. The second kappa shape index (κ2) is 8.74. The molecular formula is C25H23FN2O. The molecule has 1 aromatic heterocycles. The first-order valence-corrected chi connectivity index (χ1v) is 9.81. The van der Waals surface area contributed by atoms with Crippen LogP contribution in [0.15, 0.2) is 85.1 Å². The predicted molar refractivity (Wildman–Crippen MR) is 114 cm³/mol. The van der Waals surface area contributed by atoms with Crippen molar-refractivity contribution in [3.63, 3.8) is 0 Å². The highest BCUT2D eigenvalue weighted by Crippen LogP contribution is 2.23. The molecule has 3 nitrogen and oxygen atoms in total. The molecule has 0 atom stereocenters. The van der Waals surface area contributed by atoms with Gasteiger partial charge in [0.15, 0.2) is 0 Å². The summed E-state index contributed by atoms with van der Waals surface area (Å²) in [6, 6.07) is 24.7. The number of para-hydroxylation sites is 1. The van der Waals surface area contributed by atoms with E-state index in [1.165, 1.54) is 12.1 Å². The van der Waals surface area contributed by atoms with Crippen molar-refractivity contribution in [3.05, 3.63) is 108 Å². The predicted octanol–water partition coefficient (Wildman–Crippen LogP) is 5.08. The smallest absolute Gasteiger partial charge is 0.220 e. The Labute approximate surface area is 169 Å². The summed E-state index contributed by atoms with van der Waals surface area (Å²) in [6.07, 6.45) is 3.23. The normalized spacial score (nSPS) is 10.9. The number of amides is 1. The van der Waals surface area contributed by atoms with Crippen LogP contribution in [0.3, 0.4) is 0 Å². The minimum atomic E-state index is -0.228. The standard InChI is InChI=1S/C25H23FN2O/c26-22-13-10-20(11-14-22)17-28-18-21(23-8-4-5-9-24(23)28)12-15-25(29)27-16-19-6-2-1-3-7-19/h1-11,13-14,18H,12,15-17H2,(H,27,29). The summed E-state index contributed by atoms with van der Waals surface area (Å²) < 4.78 is 15.4. The summed E-state index contributed by atoms with van der Waals surface area (Å²) in [5.74, 6) is -0.183. The summed E-state index contributed by atoms with van der Waals surface area (Å²) in [5.41, 5.74) is 4.41.